The smallest absolute Gasteiger partial charge is 0.134 e. The summed E-state index contributed by atoms with van der Waals surface area (Å²) in [5.74, 6) is 1.74. The number of rotatable bonds is 8. The maximum Gasteiger partial charge on any atom is 0.134 e. The molecule has 8 aromatic rings. The lowest BCUT2D eigenvalue weighted by Crippen LogP contribution is -2.28. The SMILES string of the molecule is C=C/C=C(\C=C)CC.C=Cc1c(C)cc2c(c1C=C)-c1ccc(C)cc1C2(c1ccccc1)c1ccccc1.CC(C)C1=CCCc2oc3ccccc3c21.Cc1ccccc1.Cc1ccccc1. The Hall–Kier alpha value is -7.48. The third-order valence-electron chi connectivity index (χ3n) is 12.9. The Morgan fingerprint density at radius 2 is 1.13 bits per heavy atom. The Morgan fingerprint density at radius 3 is 1.59 bits per heavy atom. The molecule has 0 unspecified atom stereocenters. The second-order valence-corrected chi connectivity index (χ2v) is 18.0. The predicted molar refractivity (Wildman–Crippen MR) is 302 cm³/mol. The van der Waals surface area contributed by atoms with Crippen LogP contribution in [0.15, 0.2) is 230 Å². The van der Waals surface area contributed by atoms with E-state index < -0.39 is 0 Å². The third-order valence-corrected chi connectivity index (χ3v) is 12.9. The maximum absolute atomic E-state index is 5.93. The fourth-order valence-corrected chi connectivity index (χ4v) is 9.55. The van der Waals surface area contributed by atoms with Gasteiger partial charge < -0.3 is 4.42 Å². The molecule has 0 spiro atoms. The summed E-state index contributed by atoms with van der Waals surface area (Å²) in [6.07, 6.45) is 15.1. The molecule has 1 aromatic heterocycles. The minimum Gasteiger partial charge on any atom is -0.460 e. The van der Waals surface area contributed by atoms with Crippen LogP contribution in [0.1, 0.15) is 101 Å². The molecule has 0 fully saturated rings. The summed E-state index contributed by atoms with van der Waals surface area (Å²) in [5.41, 5.74) is 20.0. The number of hydrogen-bond donors (Lipinski definition) is 0. The molecule has 69 heavy (non-hydrogen) atoms. The molecule has 1 heteroatoms. The van der Waals surface area contributed by atoms with Crippen molar-refractivity contribution < 1.29 is 4.42 Å². The van der Waals surface area contributed by atoms with Crippen LogP contribution < -0.4 is 0 Å². The van der Waals surface area contributed by atoms with E-state index in [1.165, 1.54) is 89.1 Å². The molecule has 1 heterocycles. The highest BCUT2D eigenvalue weighted by Gasteiger charge is 2.47. The lowest BCUT2D eigenvalue weighted by Gasteiger charge is -2.34. The highest BCUT2D eigenvalue weighted by Crippen LogP contribution is 2.58. The van der Waals surface area contributed by atoms with Gasteiger partial charge in [0.15, 0.2) is 0 Å². The van der Waals surface area contributed by atoms with Crippen LogP contribution in [0.4, 0.5) is 0 Å². The van der Waals surface area contributed by atoms with Crippen LogP contribution in [0.3, 0.4) is 0 Å². The summed E-state index contributed by atoms with van der Waals surface area (Å²) in [7, 11) is 0. The first kappa shape index (κ1) is 50.9. The van der Waals surface area contributed by atoms with Gasteiger partial charge in [-0.05, 0) is 114 Å². The van der Waals surface area contributed by atoms with Crippen molar-refractivity contribution in [1.82, 2.24) is 0 Å². The molecule has 0 aliphatic heterocycles. The first-order valence-corrected chi connectivity index (χ1v) is 24.4. The van der Waals surface area contributed by atoms with Gasteiger partial charge in [0.25, 0.3) is 0 Å². The summed E-state index contributed by atoms with van der Waals surface area (Å²) >= 11 is 0. The van der Waals surface area contributed by atoms with Gasteiger partial charge in [-0.3, -0.25) is 0 Å². The molecule has 10 rings (SSSR count). The van der Waals surface area contributed by atoms with Gasteiger partial charge in [-0.2, -0.15) is 0 Å². The van der Waals surface area contributed by atoms with Crippen molar-refractivity contribution >= 4 is 28.7 Å². The molecule has 0 atom stereocenters. The zero-order chi connectivity index (χ0) is 49.3. The van der Waals surface area contributed by atoms with Crippen molar-refractivity contribution in [3.05, 3.63) is 293 Å². The number of para-hydroxylation sites is 1. The number of furan rings is 1. The van der Waals surface area contributed by atoms with E-state index in [1.807, 2.05) is 66.8 Å². The molecule has 0 bridgehead atoms. The van der Waals surface area contributed by atoms with E-state index in [9.17, 15) is 0 Å². The molecule has 7 aromatic carbocycles. The Labute approximate surface area is 414 Å². The molecular weight excluding hydrogens is 833 g/mol. The van der Waals surface area contributed by atoms with Gasteiger partial charge in [0.1, 0.15) is 11.3 Å². The van der Waals surface area contributed by atoms with Crippen molar-refractivity contribution in [2.24, 2.45) is 5.92 Å². The normalized spacial score (nSPS) is 12.6. The van der Waals surface area contributed by atoms with E-state index >= 15 is 0 Å². The molecule has 2 aliphatic carbocycles. The van der Waals surface area contributed by atoms with Crippen LogP contribution in [0.25, 0.3) is 39.8 Å². The van der Waals surface area contributed by atoms with Gasteiger partial charge in [-0.15, -0.1) is 0 Å². The highest BCUT2D eigenvalue weighted by molar-refractivity contribution is 5.95. The molecule has 1 nitrogen and oxygen atoms in total. The van der Waals surface area contributed by atoms with Gasteiger partial charge >= 0.3 is 0 Å². The van der Waals surface area contributed by atoms with E-state index in [4.69, 9.17) is 4.42 Å². The fourth-order valence-electron chi connectivity index (χ4n) is 9.55. The first-order chi connectivity index (χ1) is 33.5. The second-order valence-electron chi connectivity index (χ2n) is 18.0. The monoisotopic (exact) mass is 903 g/mol. The van der Waals surface area contributed by atoms with Gasteiger partial charge in [0, 0.05) is 17.4 Å². The molecule has 0 radical (unpaired) electrons. The summed E-state index contributed by atoms with van der Waals surface area (Å²) in [6.45, 7) is 30.6. The minimum absolute atomic E-state index is 0.374. The lowest BCUT2D eigenvalue weighted by atomic mass is 9.67. The first-order valence-electron chi connectivity index (χ1n) is 24.4. The number of allylic oxidation sites excluding steroid dienone is 6. The zero-order valence-corrected chi connectivity index (χ0v) is 42.1. The number of fused-ring (bicyclic) bond motifs is 6. The molecule has 0 amide bonds. The van der Waals surface area contributed by atoms with Crippen molar-refractivity contribution in [3.8, 4) is 11.1 Å². The van der Waals surface area contributed by atoms with Crippen molar-refractivity contribution in [2.75, 3.05) is 0 Å². The van der Waals surface area contributed by atoms with Crippen LogP contribution in [-0.4, -0.2) is 0 Å². The Balaban J connectivity index is 0.000000169. The summed E-state index contributed by atoms with van der Waals surface area (Å²) in [6, 6.07) is 59.9. The van der Waals surface area contributed by atoms with Gasteiger partial charge in [0.05, 0.1) is 5.41 Å². The summed E-state index contributed by atoms with van der Waals surface area (Å²) in [5, 5.41) is 1.28. The predicted octanol–water partition coefficient (Wildman–Crippen LogP) is 19.1. The van der Waals surface area contributed by atoms with E-state index in [0.717, 1.165) is 30.4 Å². The average molecular weight is 903 g/mol. The molecule has 0 N–H and O–H groups in total. The molecule has 0 saturated heterocycles. The maximum atomic E-state index is 5.93. The number of hydrogen-bond acceptors (Lipinski definition) is 1. The van der Waals surface area contributed by atoms with Crippen LogP contribution in [0.5, 0.6) is 0 Å². The summed E-state index contributed by atoms with van der Waals surface area (Å²) in [4.78, 5) is 0. The highest BCUT2D eigenvalue weighted by atomic mass is 16.3. The molecule has 348 valence electrons. The van der Waals surface area contributed by atoms with Crippen LogP contribution in [0, 0.1) is 33.6 Å². The average Bonchev–Trinajstić information content (AvgIpc) is 3.90. The lowest BCUT2D eigenvalue weighted by molar-refractivity contribution is 0.543. The molecule has 2 aliphatic rings. The number of benzene rings is 7. The van der Waals surface area contributed by atoms with E-state index in [1.54, 1.807) is 6.08 Å². The van der Waals surface area contributed by atoms with Crippen molar-refractivity contribution in [2.45, 2.75) is 73.1 Å². The summed E-state index contributed by atoms with van der Waals surface area (Å²) < 4.78 is 5.93. The van der Waals surface area contributed by atoms with Crippen LogP contribution in [0.2, 0.25) is 0 Å². The van der Waals surface area contributed by atoms with Gasteiger partial charge in [-0.25, -0.2) is 0 Å². The Kier molecular flexibility index (Phi) is 18.1. The fraction of sp³-hybridized carbons (Fsp3) is 0.176. The Bertz CT molecular complexity index is 2950. The van der Waals surface area contributed by atoms with Crippen LogP contribution in [-0.2, 0) is 11.8 Å². The van der Waals surface area contributed by atoms with Crippen molar-refractivity contribution in [1.29, 1.82) is 0 Å². The van der Waals surface area contributed by atoms with Gasteiger partial charge in [0.2, 0.25) is 0 Å². The Morgan fingerprint density at radius 1 is 0.594 bits per heavy atom. The molecule has 0 saturated carbocycles. The molecular formula is C68H70O. The zero-order valence-electron chi connectivity index (χ0n) is 42.1. The van der Waals surface area contributed by atoms with Crippen LogP contribution >= 0.6 is 0 Å². The van der Waals surface area contributed by atoms with E-state index in [0.29, 0.717) is 5.92 Å². The van der Waals surface area contributed by atoms with E-state index in [-0.39, 0.29) is 5.41 Å². The number of aryl methyl sites for hydroxylation is 5. The van der Waals surface area contributed by atoms with Gasteiger partial charge in [-0.1, -0.05) is 264 Å². The standard InChI is InChI=1S/C31H26.C15H16O.C8H12.2C7H8/c1-5-25-22(4)20-29-30(26(25)6-2)27-18-17-21(3)19-28(27)31(29,23-13-9-7-10-14-23)24-15-11-8-12-16-24;1-10(2)11-7-5-9-14-15(11)12-6-3-4-8-13(12)16-14;1-4-7-8(5-2)6-3;2*1-7-5-3-2-4-6-7/h5-20H,1-2H2,3-4H3;3-4,6-8,10H,5,9H2,1-2H3;4-5,7H,1-2,6H2,3H3;2*2-6H,1H3/b;;8-7+;;. The van der Waals surface area contributed by atoms with E-state index in [2.05, 4.69) is 208 Å². The van der Waals surface area contributed by atoms with Crippen molar-refractivity contribution in [3.63, 3.8) is 0 Å². The quantitative estimate of drug-likeness (QED) is 0.139. The minimum atomic E-state index is -0.374. The largest absolute Gasteiger partial charge is 0.460 e. The third kappa shape index (κ3) is 11.6. The topological polar surface area (TPSA) is 13.1 Å². The second kappa shape index (κ2) is 24.5.